The Morgan fingerprint density at radius 3 is 2.70 bits per heavy atom. The summed E-state index contributed by atoms with van der Waals surface area (Å²) in [6.45, 7) is 0.131. The molecule has 0 bridgehead atoms. The minimum Gasteiger partial charge on any atom is -0.481 e. The molecule has 0 aliphatic rings. The standard InChI is InChI=1S/C12H17N3O5/c1-15(5-4-11(17)18)10(16)8-14-12(19)13-7-9-3-2-6-20-9/h2-3,6H,4-5,7-8H2,1H3,(H,17,18)(H2,13,14,19). The number of nitrogens with zero attached hydrogens (tertiary/aromatic N) is 1. The number of carboxylic acids is 1. The third-order valence-corrected chi connectivity index (χ3v) is 2.49. The number of hydrogen-bond donors (Lipinski definition) is 3. The smallest absolute Gasteiger partial charge is 0.315 e. The van der Waals surface area contributed by atoms with Gasteiger partial charge in [-0.25, -0.2) is 4.79 Å². The van der Waals surface area contributed by atoms with E-state index in [0.717, 1.165) is 0 Å². The number of urea groups is 1. The number of carboxylic acid groups (broad SMARTS) is 1. The van der Waals surface area contributed by atoms with Crippen molar-refractivity contribution in [3.8, 4) is 0 Å². The van der Waals surface area contributed by atoms with Crippen LogP contribution in [0.4, 0.5) is 4.79 Å². The lowest BCUT2D eigenvalue weighted by Gasteiger charge is -2.16. The zero-order valence-corrected chi connectivity index (χ0v) is 11.1. The summed E-state index contributed by atoms with van der Waals surface area (Å²) in [6, 6.07) is 2.92. The van der Waals surface area contributed by atoms with Crippen LogP contribution in [0.2, 0.25) is 0 Å². The van der Waals surface area contributed by atoms with Crippen LogP contribution in [0.25, 0.3) is 0 Å². The number of rotatable bonds is 7. The predicted molar refractivity (Wildman–Crippen MR) is 68.8 cm³/mol. The number of likely N-dealkylation sites (N-methyl/N-ethyl adjacent to an activating group) is 1. The van der Waals surface area contributed by atoms with Gasteiger partial charge in [-0.05, 0) is 12.1 Å². The van der Waals surface area contributed by atoms with E-state index in [1.54, 1.807) is 12.1 Å². The molecule has 20 heavy (non-hydrogen) atoms. The summed E-state index contributed by atoms with van der Waals surface area (Å²) in [4.78, 5) is 34.6. The van der Waals surface area contributed by atoms with Crippen LogP contribution in [-0.4, -0.2) is 48.1 Å². The Morgan fingerprint density at radius 1 is 1.35 bits per heavy atom. The maximum absolute atomic E-state index is 11.6. The molecule has 0 aliphatic heterocycles. The van der Waals surface area contributed by atoms with Gasteiger partial charge in [-0.1, -0.05) is 0 Å². The highest BCUT2D eigenvalue weighted by atomic mass is 16.4. The van der Waals surface area contributed by atoms with Crippen LogP contribution in [0.1, 0.15) is 12.2 Å². The Morgan fingerprint density at radius 2 is 2.10 bits per heavy atom. The molecular weight excluding hydrogens is 266 g/mol. The van der Waals surface area contributed by atoms with E-state index in [0.29, 0.717) is 5.76 Å². The number of aliphatic carboxylic acids is 1. The van der Waals surface area contributed by atoms with Gasteiger partial charge in [-0.2, -0.15) is 0 Å². The van der Waals surface area contributed by atoms with Crippen molar-refractivity contribution in [1.82, 2.24) is 15.5 Å². The van der Waals surface area contributed by atoms with Crippen LogP contribution in [0.15, 0.2) is 22.8 Å². The van der Waals surface area contributed by atoms with E-state index in [1.807, 2.05) is 0 Å². The Hall–Kier alpha value is -2.51. The van der Waals surface area contributed by atoms with Crippen LogP contribution in [0.3, 0.4) is 0 Å². The Bertz CT molecular complexity index is 458. The van der Waals surface area contributed by atoms with Crippen LogP contribution in [-0.2, 0) is 16.1 Å². The van der Waals surface area contributed by atoms with Crippen molar-refractivity contribution in [3.63, 3.8) is 0 Å². The molecule has 0 spiro atoms. The first kappa shape index (κ1) is 15.5. The summed E-state index contributed by atoms with van der Waals surface area (Å²) in [5.41, 5.74) is 0. The number of amides is 3. The highest BCUT2D eigenvalue weighted by Crippen LogP contribution is 1.98. The molecule has 8 heteroatoms. The quantitative estimate of drug-likeness (QED) is 0.652. The first-order chi connectivity index (χ1) is 9.49. The minimum atomic E-state index is -0.978. The third kappa shape index (κ3) is 5.89. The fourth-order valence-electron chi connectivity index (χ4n) is 1.32. The SMILES string of the molecule is CN(CCC(=O)O)C(=O)CNC(=O)NCc1ccco1. The molecule has 0 atom stereocenters. The number of hydrogen-bond acceptors (Lipinski definition) is 4. The summed E-state index contributed by atoms with van der Waals surface area (Å²) in [6.07, 6.45) is 1.36. The Balaban J connectivity index is 2.19. The van der Waals surface area contributed by atoms with Gasteiger partial charge in [0.25, 0.3) is 0 Å². The Labute approximate surface area is 115 Å². The van der Waals surface area contributed by atoms with E-state index in [4.69, 9.17) is 9.52 Å². The van der Waals surface area contributed by atoms with Crippen molar-refractivity contribution >= 4 is 17.9 Å². The van der Waals surface area contributed by atoms with Gasteiger partial charge in [0.05, 0.1) is 25.8 Å². The summed E-state index contributed by atoms with van der Waals surface area (Å²) in [5.74, 6) is -0.738. The summed E-state index contributed by atoms with van der Waals surface area (Å²) in [5, 5.41) is 13.4. The molecule has 1 aromatic rings. The van der Waals surface area contributed by atoms with Crippen LogP contribution in [0.5, 0.6) is 0 Å². The topological polar surface area (TPSA) is 112 Å². The van der Waals surface area contributed by atoms with Crippen molar-refractivity contribution in [1.29, 1.82) is 0 Å². The average molecular weight is 283 g/mol. The first-order valence-corrected chi connectivity index (χ1v) is 5.99. The van der Waals surface area contributed by atoms with Gasteiger partial charge in [-0.3, -0.25) is 9.59 Å². The fraction of sp³-hybridized carbons (Fsp3) is 0.417. The van der Waals surface area contributed by atoms with Gasteiger partial charge in [0.1, 0.15) is 5.76 Å². The van der Waals surface area contributed by atoms with Crippen LogP contribution < -0.4 is 10.6 Å². The highest BCUT2D eigenvalue weighted by molar-refractivity contribution is 5.84. The van der Waals surface area contributed by atoms with E-state index < -0.39 is 12.0 Å². The monoisotopic (exact) mass is 283 g/mol. The largest absolute Gasteiger partial charge is 0.481 e. The zero-order valence-electron chi connectivity index (χ0n) is 11.1. The van der Waals surface area contributed by atoms with E-state index in [-0.39, 0.29) is 32.0 Å². The first-order valence-electron chi connectivity index (χ1n) is 5.99. The molecule has 0 fully saturated rings. The molecular formula is C12H17N3O5. The van der Waals surface area contributed by atoms with Crippen molar-refractivity contribution in [2.45, 2.75) is 13.0 Å². The van der Waals surface area contributed by atoms with Gasteiger partial charge >= 0.3 is 12.0 Å². The number of carbonyl (C=O) groups is 3. The van der Waals surface area contributed by atoms with Crippen molar-refractivity contribution in [2.24, 2.45) is 0 Å². The summed E-state index contributed by atoms with van der Waals surface area (Å²) in [7, 11) is 1.48. The number of furan rings is 1. The third-order valence-electron chi connectivity index (χ3n) is 2.49. The van der Waals surface area contributed by atoms with E-state index in [9.17, 15) is 14.4 Å². The number of nitrogens with one attached hydrogen (secondary N) is 2. The molecule has 1 rings (SSSR count). The second-order valence-electron chi connectivity index (χ2n) is 4.07. The van der Waals surface area contributed by atoms with Crippen molar-refractivity contribution in [2.75, 3.05) is 20.1 Å². The molecule has 3 N–H and O–H groups in total. The van der Waals surface area contributed by atoms with Crippen molar-refractivity contribution < 1.29 is 23.9 Å². The molecule has 0 aliphatic carbocycles. The van der Waals surface area contributed by atoms with Crippen LogP contribution >= 0.6 is 0 Å². The number of carbonyl (C=O) groups excluding carboxylic acids is 2. The molecule has 110 valence electrons. The molecule has 0 saturated carbocycles. The zero-order chi connectivity index (χ0) is 15.0. The molecule has 3 amide bonds. The molecule has 0 unspecified atom stereocenters. The summed E-state index contributed by atoms with van der Waals surface area (Å²) >= 11 is 0. The molecule has 1 heterocycles. The second-order valence-corrected chi connectivity index (χ2v) is 4.07. The lowest BCUT2D eigenvalue weighted by atomic mass is 10.4. The van der Waals surface area contributed by atoms with E-state index in [1.165, 1.54) is 18.2 Å². The summed E-state index contributed by atoms with van der Waals surface area (Å²) < 4.78 is 5.03. The lowest BCUT2D eigenvalue weighted by molar-refractivity contribution is -0.138. The maximum atomic E-state index is 11.6. The predicted octanol–water partition coefficient (Wildman–Crippen LogP) is 0.0119. The maximum Gasteiger partial charge on any atom is 0.315 e. The van der Waals surface area contributed by atoms with E-state index in [2.05, 4.69) is 10.6 Å². The fourth-order valence-corrected chi connectivity index (χ4v) is 1.32. The average Bonchev–Trinajstić information content (AvgIpc) is 2.92. The normalized spacial score (nSPS) is 9.85. The minimum absolute atomic E-state index is 0.101. The highest BCUT2D eigenvalue weighted by Gasteiger charge is 2.11. The van der Waals surface area contributed by atoms with Crippen LogP contribution in [0, 0.1) is 0 Å². The molecule has 0 saturated heterocycles. The van der Waals surface area contributed by atoms with E-state index >= 15 is 0 Å². The van der Waals surface area contributed by atoms with Gasteiger partial charge in [0.15, 0.2) is 0 Å². The second kappa shape index (κ2) is 7.82. The van der Waals surface area contributed by atoms with Gasteiger partial charge in [0.2, 0.25) is 5.91 Å². The molecule has 1 aromatic heterocycles. The molecule has 0 radical (unpaired) electrons. The van der Waals surface area contributed by atoms with Gasteiger partial charge < -0.3 is 25.1 Å². The van der Waals surface area contributed by atoms with Gasteiger partial charge in [0, 0.05) is 13.6 Å². The van der Waals surface area contributed by atoms with Crippen molar-refractivity contribution in [3.05, 3.63) is 24.2 Å². The molecule has 0 aromatic carbocycles. The molecule has 8 nitrogen and oxygen atoms in total. The lowest BCUT2D eigenvalue weighted by Crippen LogP contribution is -2.42. The Kier molecular flexibility index (Phi) is 6.08. The van der Waals surface area contributed by atoms with Gasteiger partial charge in [-0.15, -0.1) is 0 Å².